The molecule has 1 aliphatic rings. The van der Waals surface area contributed by atoms with E-state index in [0.29, 0.717) is 49.4 Å². The first-order valence-corrected chi connectivity index (χ1v) is 12.9. The highest BCUT2D eigenvalue weighted by molar-refractivity contribution is 6.00. The van der Waals surface area contributed by atoms with Crippen LogP contribution in [0.2, 0.25) is 0 Å². The Kier molecular flexibility index (Phi) is 8.59. The fraction of sp³-hybridized carbons (Fsp3) is 0.355. The molecule has 1 aliphatic heterocycles. The predicted octanol–water partition coefficient (Wildman–Crippen LogP) is 4.71. The number of halogens is 1. The van der Waals surface area contributed by atoms with E-state index in [9.17, 15) is 19.1 Å². The van der Waals surface area contributed by atoms with Crippen LogP contribution >= 0.6 is 0 Å². The number of ketones is 1. The predicted molar refractivity (Wildman–Crippen MR) is 145 cm³/mol. The summed E-state index contributed by atoms with van der Waals surface area (Å²) in [5.41, 5.74) is 1.33. The SMILES string of the molecule is COCC[C@@]1(C(=O)N(C)Cc2ccccc2)CNC[C@H](C(=O)c2cccc(O)c2)[C@@H]1c1cccc(F)c1C. The third-order valence-corrected chi connectivity index (χ3v) is 7.70. The van der Waals surface area contributed by atoms with Gasteiger partial charge < -0.3 is 20.1 Å². The van der Waals surface area contributed by atoms with E-state index in [1.165, 1.54) is 18.2 Å². The number of hydrogen-bond acceptors (Lipinski definition) is 5. The first-order valence-electron chi connectivity index (χ1n) is 12.9. The van der Waals surface area contributed by atoms with Crippen LogP contribution in [-0.2, 0) is 16.1 Å². The van der Waals surface area contributed by atoms with Gasteiger partial charge in [-0.2, -0.15) is 0 Å². The van der Waals surface area contributed by atoms with E-state index >= 15 is 0 Å². The summed E-state index contributed by atoms with van der Waals surface area (Å²) in [7, 11) is 3.35. The van der Waals surface area contributed by atoms with Crippen LogP contribution in [0.5, 0.6) is 5.75 Å². The average molecular weight is 519 g/mol. The molecule has 0 spiro atoms. The molecule has 4 rings (SSSR count). The van der Waals surface area contributed by atoms with Gasteiger partial charge in [-0.05, 0) is 48.2 Å². The monoisotopic (exact) mass is 518 g/mol. The van der Waals surface area contributed by atoms with E-state index in [-0.39, 0.29) is 23.3 Å². The number of nitrogens with one attached hydrogen (secondary N) is 1. The second-order valence-electron chi connectivity index (χ2n) is 10.1. The Balaban J connectivity index is 1.85. The third-order valence-electron chi connectivity index (χ3n) is 7.70. The molecule has 3 aromatic carbocycles. The number of amides is 1. The first-order chi connectivity index (χ1) is 18.3. The van der Waals surface area contributed by atoms with Crippen molar-refractivity contribution < 1.29 is 23.8 Å². The van der Waals surface area contributed by atoms with Crippen LogP contribution in [0.1, 0.15) is 39.4 Å². The Bertz CT molecular complexity index is 1280. The molecule has 1 amide bonds. The molecule has 6 nitrogen and oxygen atoms in total. The van der Waals surface area contributed by atoms with E-state index in [2.05, 4.69) is 5.32 Å². The summed E-state index contributed by atoms with van der Waals surface area (Å²) in [6, 6.07) is 20.8. The van der Waals surface area contributed by atoms with Crippen LogP contribution in [-0.4, -0.2) is 55.6 Å². The molecular weight excluding hydrogens is 483 g/mol. The van der Waals surface area contributed by atoms with Gasteiger partial charge in [-0.15, -0.1) is 0 Å². The van der Waals surface area contributed by atoms with E-state index in [0.717, 1.165) is 5.56 Å². The van der Waals surface area contributed by atoms with Crippen molar-refractivity contribution in [3.05, 3.63) is 101 Å². The van der Waals surface area contributed by atoms with Crippen LogP contribution in [0, 0.1) is 24.1 Å². The van der Waals surface area contributed by atoms with E-state index in [1.807, 2.05) is 36.4 Å². The second-order valence-corrected chi connectivity index (χ2v) is 10.1. The van der Waals surface area contributed by atoms with Crippen molar-refractivity contribution in [2.24, 2.45) is 11.3 Å². The van der Waals surface area contributed by atoms with E-state index in [4.69, 9.17) is 4.74 Å². The van der Waals surface area contributed by atoms with Crippen molar-refractivity contribution in [2.75, 3.05) is 33.9 Å². The van der Waals surface area contributed by atoms with Gasteiger partial charge in [0.2, 0.25) is 5.91 Å². The summed E-state index contributed by atoms with van der Waals surface area (Å²) in [6.45, 7) is 3.03. The van der Waals surface area contributed by atoms with Gasteiger partial charge in [0, 0.05) is 57.8 Å². The Hall–Kier alpha value is -3.55. The number of phenols is 1. The Morgan fingerprint density at radius 3 is 2.55 bits per heavy atom. The van der Waals surface area contributed by atoms with Gasteiger partial charge in [0.05, 0.1) is 5.41 Å². The number of aromatic hydroxyl groups is 1. The molecule has 200 valence electrons. The maximum atomic E-state index is 14.9. The quantitative estimate of drug-likeness (QED) is 0.401. The van der Waals surface area contributed by atoms with Crippen molar-refractivity contribution in [1.29, 1.82) is 0 Å². The summed E-state index contributed by atoms with van der Waals surface area (Å²) >= 11 is 0. The molecule has 3 aromatic rings. The molecule has 3 atom stereocenters. The number of carbonyl (C=O) groups is 2. The molecule has 1 heterocycles. The molecule has 0 bridgehead atoms. The van der Waals surface area contributed by atoms with Gasteiger partial charge in [0.1, 0.15) is 11.6 Å². The normalized spacial score (nSPS) is 21.2. The lowest BCUT2D eigenvalue weighted by atomic mass is 9.59. The first kappa shape index (κ1) is 27.5. The smallest absolute Gasteiger partial charge is 0.230 e. The fourth-order valence-electron chi connectivity index (χ4n) is 5.81. The van der Waals surface area contributed by atoms with E-state index < -0.39 is 17.3 Å². The van der Waals surface area contributed by atoms with E-state index in [1.54, 1.807) is 44.2 Å². The van der Waals surface area contributed by atoms with Gasteiger partial charge in [-0.25, -0.2) is 4.39 Å². The molecule has 0 unspecified atom stereocenters. The van der Waals surface area contributed by atoms with Crippen molar-refractivity contribution in [1.82, 2.24) is 10.2 Å². The summed E-state index contributed by atoms with van der Waals surface area (Å²) in [4.78, 5) is 30.1. The number of ether oxygens (including phenoxy) is 1. The molecule has 0 saturated carbocycles. The van der Waals surface area contributed by atoms with Crippen LogP contribution in [0.15, 0.2) is 72.8 Å². The number of nitrogens with zero attached hydrogens (tertiary/aromatic N) is 1. The third kappa shape index (κ3) is 5.49. The molecule has 2 N–H and O–H groups in total. The molecule has 0 aromatic heterocycles. The number of rotatable bonds is 9. The van der Waals surface area contributed by atoms with Gasteiger partial charge in [-0.3, -0.25) is 9.59 Å². The summed E-state index contributed by atoms with van der Waals surface area (Å²) < 4.78 is 20.4. The lowest BCUT2D eigenvalue weighted by Gasteiger charge is -2.49. The molecule has 0 radical (unpaired) electrons. The molecule has 7 heteroatoms. The standard InChI is InChI=1S/C31H35FN2O4/c1-21-25(13-8-14-27(21)32)28-26(29(36)23-11-7-12-24(35)17-23)18-33-20-31(28,15-16-38-3)30(37)34(2)19-22-9-5-4-6-10-22/h4-14,17,26,28,33,35H,15-16,18-20H2,1-3H3/t26-,28-,31+/m0/s1. The van der Waals surface area contributed by atoms with Crippen LogP contribution in [0.3, 0.4) is 0 Å². The maximum Gasteiger partial charge on any atom is 0.230 e. The van der Waals surface area contributed by atoms with Gasteiger partial charge in [0.15, 0.2) is 5.78 Å². The van der Waals surface area contributed by atoms with Gasteiger partial charge in [0.25, 0.3) is 0 Å². The minimum absolute atomic E-state index is 0.0116. The second kappa shape index (κ2) is 11.9. The van der Waals surface area contributed by atoms with Gasteiger partial charge in [-0.1, -0.05) is 54.6 Å². The Morgan fingerprint density at radius 2 is 1.84 bits per heavy atom. The zero-order valence-corrected chi connectivity index (χ0v) is 22.1. The fourth-order valence-corrected chi connectivity index (χ4v) is 5.81. The zero-order chi connectivity index (χ0) is 27.3. The number of phenolic OH excluding ortho intramolecular Hbond substituents is 1. The highest BCUT2D eigenvalue weighted by Crippen LogP contribution is 2.49. The largest absolute Gasteiger partial charge is 0.508 e. The Labute approximate surface area is 223 Å². The number of Topliss-reactive ketones (excluding diaryl/α,β-unsaturated/α-hetero) is 1. The number of methoxy groups -OCH3 is 1. The summed E-state index contributed by atoms with van der Waals surface area (Å²) in [5, 5.41) is 13.4. The lowest BCUT2D eigenvalue weighted by Crippen LogP contribution is -2.59. The topological polar surface area (TPSA) is 78.9 Å². The van der Waals surface area contributed by atoms with Crippen LogP contribution in [0.4, 0.5) is 4.39 Å². The number of hydrogen-bond donors (Lipinski definition) is 2. The molecule has 38 heavy (non-hydrogen) atoms. The number of carbonyl (C=O) groups excluding carboxylic acids is 2. The van der Waals surface area contributed by atoms with Crippen molar-refractivity contribution in [2.45, 2.75) is 25.8 Å². The number of benzene rings is 3. The Morgan fingerprint density at radius 1 is 1.11 bits per heavy atom. The highest BCUT2D eigenvalue weighted by Gasteiger charge is 2.54. The minimum atomic E-state index is -1.08. The highest BCUT2D eigenvalue weighted by atomic mass is 19.1. The molecule has 1 fully saturated rings. The minimum Gasteiger partial charge on any atom is -0.508 e. The van der Waals surface area contributed by atoms with Crippen molar-refractivity contribution in [3.63, 3.8) is 0 Å². The van der Waals surface area contributed by atoms with Crippen molar-refractivity contribution >= 4 is 11.7 Å². The summed E-state index contributed by atoms with van der Waals surface area (Å²) in [6.07, 6.45) is 0.346. The van der Waals surface area contributed by atoms with Crippen LogP contribution < -0.4 is 5.32 Å². The van der Waals surface area contributed by atoms with Gasteiger partial charge >= 0.3 is 0 Å². The average Bonchev–Trinajstić information content (AvgIpc) is 2.93. The van der Waals surface area contributed by atoms with Crippen LogP contribution in [0.25, 0.3) is 0 Å². The number of piperidine rings is 1. The zero-order valence-electron chi connectivity index (χ0n) is 22.1. The maximum absolute atomic E-state index is 14.9. The lowest BCUT2D eigenvalue weighted by molar-refractivity contribution is -0.146. The molecule has 1 saturated heterocycles. The summed E-state index contributed by atoms with van der Waals surface area (Å²) in [5.74, 6) is -2.01. The van der Waals surface area contributed by atoms with Crippen molar-refractivity contribution in [3.8, 4) is 5.75 Å². The molecule has 0 aliphatic carbocycles. The molecular formula is C31H35FN2O4.